The highest BCUT2D eigenvalue weighted by Crippen LogP contribution is 2.33. The fraction of sp³-hybridized carbons (Fsp3) is 0.500. The number of aromatic carboxylic acids is 1. The number of carbonyl (C=O) groups is 1. The van der Waals surface area contributed by atoms with Crippen LogP contribution >= 0.6 is 11.6 Å². The van der Waals surface area contributed by atoms with E-state index in [4.69, 9.17) is 16.7 Å². The maximum atomic E-state index is 12.9. The van der Waals surface area contributed by atoms with Gasteiger partial charge in [0.25, 0.3) is 0 Å². The fourth-order valence-electron chi connectivity index (χ4n) is 2.82. The van der Waals surface area contributed by atoms with Crippen molar-refractivity contribution < 1.29 is 18.3 Å². The Kier molecular flexibility index (Phi) is 4.60. The van der Waals surface area contributed by atoms with E-state index in [0.29, 0.717) is 0 Å². The van der Waals surface area contributed by atoms with Crippen LogP contribution in [0.1, 0.15) is 43.5 Å². The molecule has 0 unspecified atom stereocenters. The Balaban J connectivity index is 2.53. The van der Waals surface area contributed by atoms with Gasteiger partial charge in [0.2, 0.25) is 10.0 Å². The summed E-state index contributed by atoms with van der Waals surface area (Å²) in [7, 11) is -3.81. The molecule has 1 aliphatic rings. The summed E-state index contributed by atoms with van der Waals surface area (Å²) in [4.78, 5) is 10.9. The number of sulfonamides is 1. The average Bonchev–Trinajstić information content (AvgIpc) is 2.38. The van der Waals surface area contributed by atoms with E-state index in [2.05, 4.69) is 0 Å². The van der Waals surface area contributed by atoms with Crippen molar-refractivity contribution >= 4 is 27.6 Å². The van der Waals surface area contributed by atoms with Crippen LogP contribution in [-0.4, -0.2) is 35.9 Å². The molecular formula is C14H18ClNO4S. The van der Waals surface area contributed by atoms with Crippen LogP contribution in [0.15, 0.2) is 23.1 Å². The number of piperidine rings is 1. The van der Waals surface area contributed by atoms with Gasteiger partial charge in [-0.3, -0.25) is 0 Å². The van der Waals surface area contributed by atoms with Crippen LogP contribution in [-0.2, 0) is 10.0 Å². The van der Waals surface area contributed by atoms with Crippen molar-refractivity contribution in [3.8, 4) is 0 Å². The van der Waals surface area contributed by atoms with Gasteiger partial charge in [0, 0.05) is 12.1 Å². The lowest BCUT2D eigenvalue weighted by atomic mass is 10.0. The van der Waals surface area contributed by atoms with E-state index in [9.17, 15) is 13.2 Å². The van der Waals surface area contributed by atoms with Gasteiger partial charge in [-0.15, -0.1) is 0 Å². The zero-order valence-electron chi connectivity index (χ0n) is 11.9. The zero-order valence-corrected chi connectivity index (χ0v) is 13.5. The molecule has 21 heavy (non-hydrogen) atoms. The lowest BCUT2D eigenvalue weighted by Gasteiger charge is -2.37. The van der Waals surface area contributed by atoms with Crippen LogP contribution in [0.5, 0.6) is 0 Å². The largest absolute Gasteiger partial charge is 0.478 e. The average molecular weight is 332 g/mol. The molecule has 1 fully saturated rings. The summed E-state index contributed by atoms with van der Waals surface area (Å²) in [6, 6.07) is 3.50. The van der Waals surface area contributed by atoms with E-state index in [-0.39, 0.29) is 27.6 Å². The SMILES string of the molecule is C[C@@H]1CCC[C@H](C)N1S(=O)(=O)c1cc(C(=O)O)ccc1Cl. The number of hydrogen-bond acceptors (Lipinski definition) is 3. The minimum atomic E-state index is -3.81. The van der Waals surface area contributed by atoms with Gasteiger partial charge in [-0.2, -0.15) is 4.31 Å². The summed E-state index contributed by atoms with van der Waals surface area (Å²) in [6.45, 7) is 3.73. The standard InChI is InChI=1S/C14H18ClNO4S/c1-9-4-3-5-10(2)16(9)21(19,20)13-8-11(14(17)18)6-7-12(13)15/h6-10H,3-5H2,1-2H3,(H,17,18)/t9-,10+. The quantitative estimate of drug-likeness (QED) is 0.924. The molecule has 1 aliphatic heterocycles. The second kappa shape index (κ2) is 5.94. The first kappa shape index (κ1) is 16.3. The maximum Gasteiger partial charge on any atom is 0.335 e. The molecule has 1 aromatic rings. The first-order chi connectivity index (χ1) is 9.75. The normalized spacial score (nSPS) is 24.0. The Morgan fingerprint density at radius 1 is 1.29 bits per heavy atom. The summed E-state index contributed by atoms with van der Waals surface area (Å²) in [6.07, 6.45) is 2.57. The third kappa shape index (κ3) is 3.07. The first-order valence-corrected chi connectivity index (χ1v) is 8.63. The molecule has 0 spiro atoms. The molecule has 0 aromatic heterocycles. The van der Waals surface area contributed by atoms with Gasteiger partial charge in [-0.25, -0.2) is 13.2 Å². The number of nitrogens with zero attached hydrogens (tertiary/aromatic N) is 1. The molecule has 2 atom stereocenters. The number of halogens is 1. The van der Waals surface area contributed by atoms with Crippen molar-refractivity contribution in [2.24, 2.45) is 0 Å². The summed E-state index contributed by atoms with van der Waals surface area (Å²) >= 11 is 6.00. The Labute approximate surface area is 129 Å². The second-order valence-corrected chi connectivity index (χ2v) is 7.63. The van der Waals surface area contributed by atoms with Gasteiger partial charge in [0.1, 0.15) is 4.90 Å². The van der Waals surface area contributed by atoms with Crippen LogP contribution in [0, 0.1) is 0 Å². The highest BCUT2D eigenvalue weighted by Gasteiger charge is 2.37. The lowest BCUT2D eigenvalue weighted by Crippen LogP contribution is -2.47. The van der Waals surface area contributed by atoms with E-state index in [0.717, 1.165) is 25.3 Å². The molecular weight excluding hydrogens is 314 g/mol. The molecule has 0 saturated carbocycles. The van der Waals surface area contributed by atoms with Crippen LogP contribution in [0.25, 0.3) is 0 Å². The number of benzene rings is 1. The third-order valence-electron chi connectivity index (χ3n) is 3.85. The van der Waals surface area contributed by atoms with E-state index in [1.54, 1.807) is 0 Å². The van der Waals surface area contributed by atoms with E-state index >= 15 is 0 Å². The van der Waals surface area contributed by atoms with Gasteiger partial charge in [-0.1, -0.05) is 18.0 Å². The number of hydrogen-bond donors (Lipinski definition) is 1. The van der Waals surface area contributed by atoms with Crippen LogP contribution in [0.2, 0.25) is 5.02 Å². The lowest BCUT2D eigenvalue weighted by molar-refractivity contribution is 0.0696. The maximum absolute atomic E-state index is 12.9. The van der Waals surface area contributed by atoms with Gasteiger partial charge >= 0.3 is 5.97 Å². The molecule has 1 aromatic carbocycles. The molecule has 0 bridgehead atoms. The third-order valence-corrected chi connectivity index (χ3v) is 6.46. The summed E-state index contributed by atoms with van der Waals surface area (Å²) in [5, 5.41) is 9.07. The molecule has 116 valence electrons. The van der Waals surface area contributed by atoms with E-state index in [1.807, 2.05) is 13.8 Å². The molecule has 2 rings (SSSR count). The van der Waals surface area contributed by atoms with Crippen LogP contribution in [0.3, 0.4) is 0 Å². The van der Waals surface area contributed by atoms with Gasteiger partial charge in [-0.05, 0) is 44.9 Å². The van der Waals surface area contributed by atoms with Gasteiger partial charge < -0.3 is 5.11 Å². The monoisotopic (exact) mass is 331 g/mol. The molecule has 0 aliphatic carbocycles. The van der Waals surface area contributed by atoms with E-state index < -0.39 is 16.0 Å². The Hall–Kier alpha value is -1.11. The molecule has 1 N–H and O–H groups in total. The molecule has 5 nitrogen and oxygen atoms in total. The molecule has 1 heterocycles. The van der Waals surface area contributed by atoms with Crippen LogP contribution < -0.4 is 0 Å². The first-order valence-electron chi connectivity index (χ1n) is 6.81. The predicted octanol–water partition coefficient (Wildman–Crippen LogP) is 2.99. The van der Waals surface area contributed by atoms with Crippen molar-refractivity contribution in [3.63, 3.8) is 0 Å². The van der Waals surface area contributed by atoms with Crippen molar-refractivity contribution in [1.29, 1.82) is 0 Å². The van der Waals surface area contributed by atoms with Crippen molar-refractivity contribution in [1.82, 2.24) is 4.31 Å². The van der Waals surface area contributed by atoms with Gasteiger partial charge in [0.15, 0.2) is 0 Å². The Morgan fingerprint density at radius 3 is 2.38 bits per heavy atom. The van der Waals surface area contributed by atoms with Crippen molar-refractivity contribution in [2.75, 3.05) is 0 Å². The highest BCUT2D eigenvalue weighted by atomic mass is 35.5. The topological polar surface area (TPSA) is 74.7 Å². The van der Waals surface area contributed by atoms with Crippen molar-refractivity contribution in [2.45, 2.75) is 50.1 Å². The smallest absolute Gasteiger partial charge is 0.335 e. The minimum Gasteiger partial charge on any atom is -0.478 e. The number of carboxylic acids is 1. The molecule has 0 amide bonds. The summed E-state index contributed by atoms with van der Waals surface area (Å²) < 4.78 is 27.2. The molecule has 7 heteroatoms. The summed E-state index contributed by atoms with van der Waals surface area (Å²) in [5.41, 5.74) is -0.0877. The summed E-state index contributed by atoms with van der Waals surface area (Å²) in [5.74, 6) is -1.18. The number of rotatable bonds is 3. The second-order valence-electron chi connectivity index (χ2n) is 5.41. The Morgan fingerprint density at radius 2 is 1.86 bits per heavy atom. The van der Waals surface area contributed by atoms with Gasteiger partial charge in [0.05, 0.1) is 10.6 Å². The number of carboxylic acid groups (broad SMARTS) is 1. The predicted molar refractivity (Wildman–Crippen MR) is 80.2 cm³/mol. The molecule has 0 radical (unpaired) electrons. The van der Waals surface area contributed by atoms with Crippen LogP contribution in [0.4, 0.5) is 0 Å². The minimum absolute atomic E-state index is 0.0463. The van der Waals surface area contributed by atoms with Crippen molar-refractivity contribution in [3.05, 3.63) is 28.8 Å². The molecule has 1 saturated heterocycles. The Bertz CT molecular complexity index is 649. The zero-order chi connectivity index (χ0) is 15.8. The van der Waals surface area contributed by atoms with E-state index in [1.165, 1.54) is 16.4 Å². The highest BCUT2D eigenvalue weighted by molar-refractivity contribution is 7.89. The fourth-order valence-corrected chi connectivity index (χ4v) is 5.20.